The van der Waals surface area contributed by atoms with Crippen LogP contribution in [0.3, 0.4) is 0 Å². The van der Waals surface area contributed by atoms with Crippen LogP contribution in [0, 0.1) is 5.41 Å². The lowest BCUT2D eigenvalue weighted by Gasteiger charge is -2.27. The molecule has 0 spiro atoms. The summed E-state index contributed by atoms with van der Waals surface area (Å²) < 4.78 is 10.5. The van der Waals surface area contributed by atoms with Gasteiger partial charge in [0.25, 0.3) is 0 Å². The molecule has 1 aliphatic rings. The number of rotatable bonds is 5. The highest BCUT2D eigenvalue weighted by Gasteiger charge is 2.30. The van der Waals surface area contributed by atoms with Gasteiger partial charge < -0.3 is 14.6 Å². The molecule has 0 bridgehead atoms. The molecular weight excluding hydrogens is 224 g/mol. The zero-order valence-corrected chi connectivity index (χ0v) is 9.00. The predicted octanol–water partition coefficient (Wildman–Crippen LogP) is 1.14. The molecule has 2 unspecified atom stereocenters. The van der Waals surface area contributed by atoms with Crippen molar-refractivity contribution in [2.75, 3.05) is 19.8 Å². The minimum Gasteiger partial charge on any atom is -0.396 e. The summed E-state index contributed by atoms with van der Waals surface area (Å²) in [5.41, 5.74) is -0.241. The third kappa shape index (κ3) is 3.01. The molecule has 0 aliphatic carbocycles. The fraction of sp³-hybridized carbons (Fsp3) is 1.00. The monoisotopic (exact) mass is 238 g/mol. The molecule has 12 heavy (non-hydrogen) atoms. The number of alkyl halides is 1. The summed E-state index contributed by atoms with van der Waals surface area (Å²) in [6, 6.07) is 0. The van der Waals surface area contributed by atoms with Gasteiger partial charge in [0.15, 0.2) is 0 Å². The van der Waals surface area contributed by atoms with Crippen molar-refractivity contribution in [1.29, 1.82) is 0 Å². The molecule has 1 rings (SSSR count). The van der Waals surface area contributed by atoms with Gasteiger partial charge in [0.05, 0.1) is 19.8 Å². The Balaban J connectivity index is 2.20. The Morgan fingerprint density at radius 2 is 2.33 bits per heavy atom. The number of halogens is 1. The number of epoxide rings is 1. The van der Waals surface area contributed by atoms with E-state index in [2.05, 4.69) is 15.9 Å². The van der Waals surface area contributed by atoms with Crippen molar-refractivity contribution >= 4 is 15.9 Å². The van der Waals surface area contributed by atoms with E-state index in [9.17, 15) is 0 Å². The molecule has 2 atom stereocenters. The largest absolute Gasteiger partial charge is 0.396 e. The lowest BCUT2D eigenvalue weighted by Crippen LogP contribution is -2.31. The molecule has 4 heteroatoms. The third-order valence-corrected chi connectivity index (χ3v) is 3.36. The van der Waals surface area contributed by atoms with Crippen molar-refractivity contribution in [3.8, 4) is 0 Å². The van der Waals surface area contributed by atoms with Crippen LogP contribution in [0.25, 0.3) is 0 Å². The molecule has 1 heterocycles. The van der Waals surface area contributed by atoms with E-state index in [1.165, 1.54) is 0 Å². The number of aliphatic hydroxyl groups excluding tert-OH is 1. The van der Waals surface area contributed by atoms with Crippen LogP contribution in [0.15, 0.2) is 0 Å². The molecule has 0 aromatic rings. The van der Waals surface area contributed by atoms with E-state index in [0.717, 1.165) is 6.61 Å². The summed E-state index contributed by atoms with van der Waals surface area (Å²) in [5.74, 6) is 0. The molecule has 3 nitrogen and oxygen atoms in total. The van der Waals surface area contributed by atoms with Gasteiger partial charge in [0, 0.05) is 5.41 Å². The first-order valence-electron chi connectivity index (χ1n) is 4.04. The average Bonchev–Trinajstić information content (AvgIpc) is 2.83. The molecule has 0 amide bonds. The number of aliphatic hydroxyl groups is 1. The molecule has 1 fully saturated rings. The van der Waals surface area contributed by atoms with Gasteiger partial charge >= 0.3 is 0 Å². The van der Waals surface area contributed by atoms with E-state index in [-0.39, 0.29) is 23.1 Å². The molecule has 0 saturated carbocycles. The van der Waals surface area contributed by atoms with Crippen molar-refractivity contribution in [2.45, 2.75) is 25.0 Å². The number of hydrogen-bond acceptors (Lipinski definition) is 3. The second-order valence-electron chi connectivity index (χ2n) is 3.75. The van der Waals surface area contributed by atoms with Gasteiger partial charge in [-0.2, -0.15) is 0 Å². The molecule has 0 aromatic carbocycles. The Hall–Kier alpha value is 0.360. The van der Waals surface area contributed by atoms with Gasteiger partial charge in [-0.05, 0) is 0 Å². The van der Waals surface area contributed by atoms with E-state index in [4.69, 9.17) is 14.6 Å². The van der Waals surface area contributed by atoms with Gasteiger partial charge in [0.1, 0.15) is 11.1 Å². The van der Waals surface area contributed by atoms with Gasteiger partial charge in [-0.1, -0.05) is 29.8 Å². The molecule has 0 radical (unpaired) electrons. The van der Waals surface area contributed by atoms with E-state index in [1.807, 2.05) is 13.8 Å². The lowest BCUT2D eigenvalue weighted by molar-refractivity contribution is 0.00329. The van der Waals surface area contributed by atoms with Gasteiger partial charge in [-0.25, -0.2) is 0 Å². The topological polar surface area (TPSA) is 42.0 Å². The van der Waals surface area contributed by atoms with Crippen LogP contribution in [0.2, 0.25) is 0 Å². The van der Waals surface area contributed by atoms with E-state index < -0.39 is 0 Å². The van der Waals surface area contributed by atoms with Crippen molar-refractivity contribution in [3.63, 3.8) is 0 Å². The van der Waals surface area contributed by atoms with E-state index >= 15 is 0 Å². The summed E-state index contributed by atoms with van der Waals surface area (Å²) >= 11 is 3.38. The first-order valence-corrected chi connectivity index (χ1v) is 4.96. The SMILES string of the molecule is CC(C)(CO)C(Br)OCC1CO1. The molecule has 0 aromatic heterocycles. The van der Waals surface area contributed by atoms with Crippen molar-refractivity contribution < 1.29 is 14.6 Å². The Morgan fingerprint density at radius 3 is 2.75 bits per heavy atom. The number of ether oxygens (including phenoxy) is 2. The summed E-state index contributed by atoms with van der Waals surface area (Å²) in [6.45, 7) is 5.41. The Labute approximate surface area is 81.2 Å². The molecule has 1 aliphatic heterocycles. The van der Waals surface area contributed by atoms with Gasteiger partial charge in [-0.3, -0.25) is 0 Å². The van der Waals surface area contributed by atoms with Crippen molar-refractivity contribution in [1.82, 2.24) is 0 Å². The minimum atomic E-state index is -0.241. The second kappa shape index (κ2) is 4.05. The van der Waals surface area contributed by atoms with Crippen LogP contribution in [0.4, 0.5) is 0 Å². The smallest absolute Gasteiger partial charge is 0.119 e. The van der Waals surface area contributed by atoms with Gasteiger partial charge in [-0.15, -0.1) is 0 Å². The van der Waals surface area contributed by atoms with Crippen LogP contribution in [0.5, 0.6) is 0 Å². The van der Waals surface area contributed by atoms with Crippen LogP contribution in [-0.4, -0.2) is 36.0 Å². The third-order valence-electron chi connectivity index (χ3n) is 1.85. The Morgan fingerprint density at radius 1 is 1.75 bits per heavy atom. The standard InChI is InChI=1S/C8H15BrO3/c1-8(2,5-10)7(9)12-4-6-3-11-6/h6-7,10H,3-5H2,1-2H3. The number of hydrogen-bond donors (Lipinski definition) is 1. The zero-order valence-electron chi connectivity index (χ0n) is 7.42. The lowest BCUT2D eigenvalue weighted by atomic mass is 9.96. The fourth-order valence-electron chi connectivity index (χ4n) is 0.653. The summed E-state index contributed by atoms with van der Waals surface area (Å²) in [4.78, 5) is 0. The molecule has 1 saturated heterocycles. The quantitative estimate of drug-likeness (QED) is 0.577. The zero-order chi connectivity index (χ0) is 9.19. The summed E-state index contributed by atoms with van der Waals surface area (Å²) in [5, 5.41) is 8.89. The maximum absolute atomic E-state index is 9.00. The predicted molar refractivity (Wildman–Crippen MR) is 49.3 cm³/mol. The maximum Gasteiger partial charge on any atom is 0.119 e. The van der Waals surface area contributed by atoms with Crippen LogP contribution < -0.4 is 0 Å². The first kappa shape index (κ1) is 10.4. The average molecular weight is 239 g/mol. The second-order valence-corrected chi connectivity index (χ2v) is 4.58. The minimum absolute atomic E-state index is 0.106. The Kier molecular flexibility index (Phi) is 3.52. The summed E-state index contributed by atoms with van der Waals surface area (Å²) in [6.07, 6.45) is 0.277. The Bertz CT molecular complexity index is 145. The highest BCUT2D eigenvalue weighted by Crippen LogP contribution is 2.28. The molecular formula is C8H15BrO3. The van der Waals surface area contributed by atoms with Crippen molar-refractivity contribution in [3.05, 3.63) is 0 Å². The fourth-order valence-corrected chi connectivity index (χ4v) is 0.951. The highest BCUT2D eigenvalue weighted by atomic mass is 79.9. The van der Waals surface area contributed by atoms with Crippen molar-refractivity contribution in [2.24, 2.45) is 5.41 Å². The van der Waals surface area contributed by atoms with Crippen LogP contribution in [-0.2, 0) is 9.47 Å². The first-order chi connectivity index (χ1) is 5.56. The van der Waals surface area contributed by atoms with Gasteiger partial charge in [0.2, 0.25) is 0 Å². The normalized spacial score (nSPS) is 25.5. The van der Waals surface area contributed by atoms with E-state index in [0.29, 0.717) is 6.61 Å². The van der Waals surface area contributed by atoms with E-state index in [1.54, 1.807) is 0 Å². The molecule has 72 valence electrons. The van der Waals surface area contributed by atoms with Crippen LogP contribution >= 0.6 is 15.9 Å². The maximum atomic E-state index is 9.00. The highest BCUT2D eigenvalue weighted by molar-refractivity contribution is 9.09. The van der Waals surface area contributed by atoms with Crippen LogP contribution in [0.1, 0.15) is 13.8 Å². The molecule has 1 N–H and O–H groups in total. The summed E-state index contributed by atoms with van der Waals surface area (Å²) in [7, 11) is 0.